The summed E-state index contributed by atoms with van der Waals surface area (Å²) in [5, 5.41) is 3.25. The van der Waals surface area contributed by atoms with Crippen molar-refractivity contribution in [1.82, 2.24) is 4.98 Å². The molecule has 5 heteroatoms. The summed E-state index contributed by atoms with van der Waals surface area (Å²) in [4.78, 5) is 16.5. The number of nitrogens with one attached hydrogen (secondary N) is 1. The van der Waals surface area contributed by atoms with Crippen molar-refractivity contribution >= 4 is 23.2 Å². The molecule has 0 aliphatic heterocycles. The van der Waals surface area contributed by atoms with Gasteiger partial charge in [-0.2, -0.15) is 0 Å². The van der Waals surface area contributed by atoms with Crippen molar-refractivity contribution in [3.05, 3.63) is 89.2 Å². The molecule has 0 unspecified atom stereocenters. The van der Waals surface area contributed by atoms with E-state index in [9.17, 15) is 4.79 Å². The lowest BCUT2D eigenvalue weighted by Crippen LogP contribution is -2.14. The highest BCUT2D eigenvalue weighted by molar-refractivity contribution is 6.31. The highest BCUT2D eigenvalue weighted by Crippen LogP contribution is 2.25. The minimum Gasteiger partial charge on any atom is -0.488 e. The molecule has 0 fully saturated rings. The number of carbonyl (C=O) groups excluding carboxylic acids is 1. The van der Waals surface area contributed by atoms with Crippen LogP contribution in [-0.2, 0) is 6.61 Å². The first kappa shape index (κ1) is 16.0. The van der Waals surface area contributed by atoms with Gasteiger partial charge in [-0.3, -0.25) is 9.78 Å². The van der Waals surface area contributed by atoms with E-state index in [1.807, 2.05) is 30.3 Å². The molecule has 0 aliphatic rings. The third-order valence-corrected chi connectivity index (χ3v) is 3.58. The Hall–Kier alpha value is -2.85. The predicted molar refractivity (Wildman–Crippen MR) is 94.4 cm³/mol. The average molecular weight is 339 g/mol. The molecular formula is C19H15ClN2O2. The minimum atomic E-state index is -0.298. The molecule has 3 aromatic rings. The van der Waals surface area contributed by atoms with Gasteiger partial charge in [0.05, 0.1) is 17.4 Å². The first-order valence-corrected chi connectivity index (χ1v) is 7.78. The molecule has 0 saturated carbocycles. The van der Waals surface area contributed by atoms with Gasteiger partial charge in [-0.25, -0.2) is 0 Å². The maximum Gasteiger partial charge on any atom is 0.259 e. The minimum absolute atomic E-state index is 0.298. The molecule has 2 aromatic carbocycles. The van der Waals surface area contributed by atoms with E-state index in [0.29, 0.717) is 28.6 Å². The third-order valence-electron chi connectivity index (χ3n) is 3.34. The van der Waals surface area contributed by atoms with Gasteiger partial charge >= 0.3 is 0 Å². The topological polar surface area (TPSA) is 51.2 Å². The number of carbonyl (C=O) groups is 1. The number of rotatable bonds is 5. The Morgan fingerprint density at radius 2 is 1.92 bits per heavy atom. The predicted octanol–water partition coefficient (Wildman–Crippen LogP) is 4.57. The molecule has 3 rings (SSSR count). The van der Waals surface area contributed by atoms with Gasteiger partial charge in [-0.15, -0.1) is 0 Å². The Morgan fingerprint density at radius 1 is 1.08 bits per heavy atom. The molecule has 0 aliphatic carbocycles. The van der Waals surface area contributed by atoms with Gasteiger partial charge in [0, 0.05) is 11.2 Å². The van der Waals surface area contributed by atoms with E-state index in [4.69, 9.17) is 16.3 Å². The fraction of sp³-hybridized carbons (Fsp3) is 0.0526. The van der Waals surface area contributed by atoms with E-state index in [1.54, 1.807) is 42.7 Å². The largest absolute Gasteiger partial charge is 0.488 e. The van der Waals surface area contributed by atoms with Gasteiger partial charge in [0.2, 0.25) is 0 Å². The van der Waals surface area contributed by atoms with Gasteiger partial charge < -0.3 is 10.1 Å². The molecule has 0 saturated heterocycles. The summed E-state index contributed by atoms with van der Waals surface area (Å²) in [5.74, 6) is 0.179. The molecule has 1 aromatic heterocycles. The number of benzene rings is 2. The van der Waals surface area contributed by atoms with Crippen molar-refractivity contribution in [2.45, 2.75) is 6.61 Å². The Morgan fingerprint density at radius 3 is 2.67 bits per heavy atom. The number of aromatic nitrogens is 1. The monoisotopic (exact) mass is 338 g/mol. The number of pyridine rings is 1. The number of hydrogen-bond donors (Lipinski definition) is 1. The van der Waals surface area contributed by atoms with Crippen LogP contribution in [0.5, 0.6) is 5.75 Å². The van der Waals surface area contributed by atoms with Gasteiger partial charge in [0.15, 0.2) is 0 Å². The molecule has 0 atom stereocenters. The molecule has 120 valence electrons. The average Bonchev–Trinajstić information content (AvgIpc) is 2.62. The van der Waals surface area contributed by atoms with Gasteiger partial charge in [-0.1, -0.05) is 41.9 Å². The molecular weight excluding hydrogens is 324 g/mol. The van der Waals surface area contributed by atoms with E-state index >= 15 is 0 Å². The zero-order valence-electron chi connectivity index (χ0n) is 12.8. The van der Waals surface area contributed by atoms with Crippen LogP contribution in [0.25, 0.3) is 0 Å². The van der Waals surface area contributed by atoms with Crippen LogP contribution in [0, 0.1) is 0 Å². The highest BCUT2D eigenvalue weighted by atomic mass is 35.5. The third kappa shape index (κ3) is 4.12. The van der Waals surface area contributed by atoms with Crippen LogP contribution in [0.4, 0.5) is 5.69 Å². The van der Waals surface area contributed by atoms with Crippen LogP contribution in [-0.4, -0.2) is 10.9 Å². The molecule has 1 amide bonds. The van der Waals surface area contributed by atoms with Crippen molar-refractivity contribution in [1.29, 1.82) is 0 Å². The smallest absolute Gasteiger partial charge is 0.259 e. The van der Waals surface area contributed by atoms with E-state index in [2.05, 4.69) is 10.3 Å². The summed E-state index contributed by atoms with van der Waals surface area (Å²) in [7, 11) is 0. The first-order chi connectivity index (χ1) is 11.7. The number of nitrogens with zero attached hydrogens (tertiary/aromatic N) is 1. The van der Waals surface area contributed by atoms with Crippen LogP contribution in [0.3, 0.4) is 0 Å². The highest BCUT2D eigenvalue weighted by Gasteiger charge is 2.14. The van der Waals surface area contributed by atoms with Gasteiger partial charge in [0.25, 0.3) is 5.91 Å². The van der Waals surface area contributed by atoms with E-state index in [-0.39, 0.29) is 5.91 Å². The van der Waals surface area contributed by atoms with Crippen LogP contribution < -0.4 is 10.1 Å². The second-order valence-electron chi connectivity index (χ2n) is 5.11. The number of ether oxygens (including phenoxy) is 1. The standard InChI is InChI=1S/C19H15ClN2O2/c20-15-8-9-18(24-13-14-5-2-1-3-6-14)17(11-15)19(23)22-16-7-4-10-21-12-16/h1-12H,13H2,(H,22,23). The van der Waals surface area contributed by atoms with Gasteiger partial charge in [0.1, 0.15) is 12.4 Å². The summed E-state index contributed by atoms with van der Waals surface area (Å²) < 4.78 is 5.80. The zero-order valence-corrected chi connectivity index (χ0v) is 13.5. The summed E-state index contributed by atoms with van der Waals surface area (Å²) in [6, 6.07) is 18.3. The lowest BCUT2D eigenvalue weighted by molar-refractivity contribution is 0.102. The molecule has 4 nitrogen and oxygen atoms in total. The number of amides is 1. The Balaban J connectivity index is 1.79. The Kier molecular flexibility index (Phi) is 5.08. The first-order valence-electron chi connectivity index (χ1n) is 7.40. The zero-order chi connectivity index (χ0) is 16.8. The SMILES string of the molecule is O=C(Nc1cccnc1)c1cc(Cl)ccc1OCc1ccccc1. The molecule has 1 N–H and O–H groups in total. The maximum absolute atomic E-state index is 12.5. The summed E-state index contributed by atoms with van der Waals surface area (Å²) >= 11 is 6.03. The lowest BCUT2D eigenvalue weighted by Gasteiger charge is -2.12. The van der Waals surface area contributed by atoms with Gasteiger partial charge in [-0.05, 0) is 35.9 Å². The van der Waals surface area contributed by atoms with Crippen LogP contribution >= 0.6 is 11.6 Å². The molecule has 0 spiro atoms. The number of halogens is 1. The van der Waals surface area contributed by atoms with Crippen LogP contribution in [0.1, 0.15) is 15.9 Å². The van der Waals surface area contributed by atoms with Crippen molar-refractivity contribution < 1.29 is 9.53 Å². The lowest BCUT2D eigenvalue weighted by atomic mass is 10.1. The quantitative estimate of drug-likeness (QED) is 0.741. The van der Waals surface area contributed by atoms with Crippen LogP contribution in [0.2, 0.25) is 5.02 Å². The number of anilines is 1. The number of hydrogen-bond acceptors (Lipinski definition) is 3. The molecule has 1 heterocycles. The van der Waals surface area contributed by atoms with Crippen molar-refractivity contribution in [2.75, 3.05) is 5.32 Å². The second-order valence-corrected chi connectivity index (χ2v) is 5.55. The Labute approximate surface area is 145 Å². The normalized spacial score (nSPS) is 10.2. The molecule has 0 bridgehead atoms. The van der Waals surface area contributed by atoms with E-state index in [1.165, 1.54) is 0 Å². The molecule has 0 radical (unpaired) electrons. The molecule has 24 heavy (non-hydrogen) atoms. The van der Waals surface area contributed by atoms with Crippen LogP contribution in [0.15, 0.2) is 73.1 Å². The van der Waals surface area contributed by atoms with Crippen molar-refractivity contribution in [3.63, 3.8) is 0 Å². The second kappa shape index (κ2) is 7.62. The summed E-state index contributed by atoms with van der Waals surface area (Å²) in [6.07, 6.45) is 3.22. The van der Waals surface area contributed by atoms with Crippen molar-refractivity contribution in [3.8, 4) is 5.75 Å². The summed E-state index contributed by atoms with van der Waals surface area (Å²) in [6.45, 7) is 0.371. The maximum atomic E-state index is 12.5. The fourth-order valence-electron chi connectivity index (χ4n) is 2.18. The van der Waals surface area contributed by atoms with E-state index in [0.717, 1.165) is 5.56 Å². The summed E-state index contributed by atoms with van der Waals surface area (Å²) in [5.41, 5.74) is 2.00. The fourth-order valence-corrected chi connectivity index (χ4v) is 2.35. The Bertz CT molecular complexity index is 823. The van der Waals surface area contributed by atoms with E-state index < -0.39 is 0 Å². The van der Waals surface area contributed by atoms with Crippen molar-refractivity contribution in [2.24, 2.45) is 0 Å².